The molecule has 0 unspecified atom stereocenters. The lowest BCUT2D eigenvalue weighted by molar-refractivity contribution is 0.742. The second-order valence-electron chi connectivity index (χ2n) is 6.49. The fourth-order valence-electron chi connectivity index (χ4n) is 3.10. The largest absolute Gasteiger partial charge is 0.364 e. The molecule has 5 heteroatoms. The van der Waals surface area contributed by atoms with Gasteiger partial charge >= 0.3 is 0 Å². The second kappa shape index (κ2) is 11.6. The van der Waals surface area contributed by atoms with E-state index < -0.39 is 0 Å². The van der Waals surface area contributed by atoms with E-state index in [4.69, 9.17) is 0 Å². The van der Waals surface area contributed by atoms with E-state index in [0.717, 1.165) is 45.0 Å². The first kappa shape index (κ1) is 21.3. The molecule has 0 aliphatic carbocycles. The average Bonchev–Trinajstić information content (AvgIpc) is 3.23. The van der Waals surface area contributed by atoms with Gasteiger partial charge < -0.3 is 15.5 Å². The van der Waals surface area contributed by atoms with Gasteiger partial charge in [0.05, 0.1) is 0 Å². The lowest BCUT2D eigenvalue weighted by Gasteiger charge is -2.19. The zero-order valence-corrected chi connectivity index (χ0v) is 18.2. The van der Waals surface area contributed by atoms with E-state index in [0.29, 0.717) is 0 Å². The van der Waals surface area contributed by atoms with Gasteiger partial charge in [0, 0.05) is 38.9 Å². The normalized spacial score (nSPS) is 13.4. The molecule has 1 aliphatic rings. The number of nitrogens with zero attached hydrogens (tertiary/aromatic N) is 2. The molecule has 144 valence electrons. The van der Waals surface area contributed by atoms with E-state index in [1.165, 1.54) is 16.8 Å². The summed E-state index contributed by atoms with van der Waals surface area (Å²) in [6.45, 7) is 3.69. The van der Waals surface area contributed by atoms with E-state index in [1.807, 2.05) is 7.05 Å². The van der Waals surface area contributed by atoms with Gasteiger partial charge in [-0.1, -0.05) is 54.6 Å². The number of nitrogens with one attached hydrogen (secondary N) is 2. The Balaban J connectivity index is 0.00000261. The Morgan fingerprint density at radius 1 is 0.963 bits per heavy atom. The fraction of sp³-hybridized carbons (Fsp3) is 0.318. The molecular weight excluding hydrogens is 447 g/mol. The minimum absolute atomic E-state index is 0. The van der Waals surface area contributed by atoms with Gasteiger partial charge in [0.2, 0.25) is 0 Å². The molecule has 2 aromatic carbocycles. The lowest BCUT2D eigenvalue weighted by atomic mass is 10.1. The summed E-state index contributed by atoms with van der Waals surface area (Å²) in [5.74, 6) is 0.853. The monoisotopic (exact) mass is 476 g/mol. The van der Waals surface area contributed by atoms with Gasteiger partial charge in [0.25, 0.3) is 0 Å². The molecule has 0 saturated heterocycles. The molecule has 27 heavy (non-hydrogen) atoms. The molecule has 0 aromatic heterocycles. The average molecular weight is 476 g/mol. The van der Waals surface area contributed by atoms with E-state index in [1.54, 1.807) is 0 Å². The molecule has 0 bridgehead atoms. The zero-order valence-electron chi connectivity index (χ0n) is 15.9. The summed E-state index contributed by atoms with van der Waals surface area (Å²) >= 11 is 0. The number of aliphatic imine (C=N–C) groups is 1. The highest BCUT2D eigenvalue weighted by atomic mass is 127. The number of halogens is 1. The van der Waals surface area contributed by atoms with Crippen LogP contribution in [0.15, 0.2) is 71.7 Å². The highest BCUT2D eigenvalue weighted by molar-refractivity contribution is 14.0. The van der Waals surface area contributed by atoms with Crippen molar-refractivity contribution in [1.29, 1.82) is 0 Å². The van der Waals surface area contributed by atoms with Gasteiger partial charge in [-0.05, 0) is 36.1 Å². The van der Waals surface area contributed by atoms with Gasteiger partial charge in [-0.25, -0.2) is 0 Å². The molecule has 0 atom stereocenters. The Labute approximate surface area is 179 Å². The summed E-state index contributed by atoms with van der Waals surface area (Å²) < 4.78 is 0. The van der Waals surface area contributed by atoms with Gasteiger partial charge in [0.15, 0.2) is 5.96 Å². The van der Waals surface area contributed by atoms with Crippen molar-refractivity contribution in [2.45, 2.75) is 19.4 Å². The molecule has 1 heterocycles. The molecule has 0 fully saturated rings. The van der Waals surface area contributed by atoms with Crippen molar-refractivity contribution in [2.75, 3.05) is 31.6 Å². The van der Waals surface area contributed by atoms with Gasteiger partial charge in [-0.2, -0.15) is 0 Å². The molecule has 0 saturated carbocycles. The van der Waals surface area contributed by atoms with Crippen LogP contribution in [0.25, 0.3) is 0 Å². The van der Waals surface area contributed by atoms with Crippen LogP contribution in [-0.4, -0.2) is 32.6 Å². The molecule has 0 spiro atoms. The number of guanidine groups is 1. The van der Waals surface area contributed by atoms with Crippen LogP contribution in [0.4, 0.5) is 5.69 Å². The van der Waals surface area contributed by atoms with E-state index >= 15 is 0 Å². The standard InChI is InChI=1S/C22H28N4.HI/c1-23-22(24-14-8-12-19-9-3-2-4-10-19)25-18-20-11-7-13-21(17-20)26-15-5-6-16-26;/h2-7,9-11,13,17H,8,12,14-16,18H2,1H3,(H2,23,24,25);1H. The van der Waals surface area contributed by atoms with Crippen LogP contribution in [0, 0.1) is 0 Å². The summed E-state index contributed by atoms with van der Waals surface area (Å²) in [6, 6.07) is 19.3. The Hall–Kier alpha value is -2.02. The number of aryl methyl sites for hydroxylation is 1. The highest BCUT2D eigenvalue weighted by Crippen LogP contribution is 2.18. The van der Waals surface area contributed by atoms with Crippen molar-refractivity contribution in [3.8, 4) is 0 Å². The zero-order chi connectivity index (χ0) is 18.0. The van der Waals surface area contributed by atoms with E-state index in [9.17, 15) is 0 Å². The first-order valence-corrected chi connectivity index (χ1v) is 9.32. The van der Waals surface area contributed by atoms with Crippen LogP contribution in [0.3, 0.4) is 0 Å². The Morgan fingerprint density at radius 3 is 2.44 bits per heavy atom. The molecule has 4 nitrogen and oxygen atoms in total. The third-order valence-electron chi connectivity index (χ3n) is 4.56. The molecule has 3 rings (SSSR count). The summed E-state index contributed by atoms with van der Waals surface area (Å²) in [5, 5.41) is 6.81. The Morgan fingerprint density at radius 2 is 1.70 bits per heavy atom. The Kier molecular flexibility index (Phi) is 9.18. The van der Waals surface area contributed by atoms with Crippen molar-refractivity contribution >= 4 is 35.6 Å². The molecule has 2 N–H and O–H groups in total. The number of benzene rings is 2. The van der Waals surface area contributed by atoms with E-state index in [-0.39, 0.29) is 24.0 Å². The van der Waals surface area contributed by atoms with Crippen LogP contribution >= 0.6 is 24.0 Å². The maximum atomic E-state index is 4.32. The molecule has 0 radical (unpaired) electrons. The van der Waals surface area contributed by atoms with Crippen LogP contribution in [0.2, 0.25) is 0 Å². The minimum Gasteiger partial charge on any atom is -0.364 e. The predicted octanol–water partition coefficient (Wildman–Crippen LogP) is 3.98. The molecule has 0 amide bonds. The van der Waals surface area contributed by atoms with Crippen LogP contribution < -0.4 is 15.5 Å². The van der Waals surface area contributed by atoms with Gasteiger partial charge in [-0.3, -0.25) is 4.99 Å². The summed E-state index contributed by atoms with van der Waals surface area (Å²) in [4.78, 5) is 6.68. The Bertz CT molecular complexity index is 735. The quantitative estimate of drug-likeness (QED) is 0.209. The highest BCUT2D eigenvalue weighted by Gasteiger charge is 2.08. The van der Waals surface area contributed by atoms with Crippen molar-refractivity contribution in [1.82, 2.24) is 10.6 Å². The van der Waals surface area contributed by atoms with Crippen molar-refractivity contribution < 1.29 is 0 Å². The van der Waals surface area contributed by atoms with Crippen molar-refractivity contribution in [3.63, 3.8) is 0 Å². The summed E-state index contributed by atoms with van der Waals surface area (Å²) in [7, 11) is 1.82. The van der Waals surface area contributed by atoms with Crippen molar-refractivity contribution in [2.24, 2.45) is 4.99 Å². The maximum absolute atomic E-state index is 4.32. The summed E-state index contributed by atoms with van der Waals surface area (Å²) in [6.07, 6.45) is 6.59. The van der Waals surface area contributed by atoms with Crippen molar-refractivity contribution in [3.05, 3.63) is 77.9 Å². The smallest absolute Gasteiger partial charge is 0.191 e. The third kappa shape index (κ3) is 6.90. The van der Waals surface area contributed by atoms with E-state index in [2.05, 4.69) is 87.3 Å². The summed E-state index contributed by atoms with van der Waals surface area (Å²) in [5.41, 5.74) is 3.92. The first-order chi connectivity index (χ1) is 12.8. The number of hydrogen-bond acceptors (Lipinski definition) is 2. The maximum Gasteiger partial charge on any atom is 0.191 e. The lowest BCUT2D eigenvalue weighted by Crippen LogP contribution is -2.37. The SMILES string of the molecule is CN=C(NCCCc1ccccc1)NCc1cccc(N2CC=CC2)c1.I. The molecular formula is C22H29IN4. The second-order valence-corrected chi connectivity index (χ2v) is 6.49. The predicted molar refractivity (Wildman–Crippen MR) is 126 cm³/mol. The van der Waals surface area contributed by atoms with Crippen LogP contribution in [-0.2, 0) is 13.0 Å². The first-order valence-electron chi connectivity index (χ1n) is 9.32. The number of hydrogen-bond donors (Lipinski definition) is 2. The minimum atomic E-state index is 0. The topological polar surface area (TPSA) is 39.7 Å². The van der Waals surface area contributed by atoms with Gasteiger partial charge in [0.1, 0.15) is 0 Å². The van der Waals surface area contributed by atoms with Crippen LogP contribution in [0.1, 0.15) is 17.5 Å². The number of rotatable bonds is 7. The fourth-order valence-corrected chi connectivity index (χ4v) is 3.10. The van der Waals surface area contributed by atoms with Crippen LogP contribution in [0.5, 0.6) is 0 Å². The molecule has 2 aromatic rings. The third-order valence-corrected chi connectivity index (χ3v) is 4.56. The number of anilines is 1. The molecule has 1 aliphatic heterocycles. The van der Waals surface area contributed by atoms with Gasteiger partial charge in [-0.15, -0.1) is 24.0 Å².